The molecule has 1 saturated heterocycles. The lowest BCUT2D eigenvalue weighted by Gasteiger charge is -2.25. The molecule has 0 bridgehead atoms. The van der Waals surface area contributed by atoms with Crippen molar-refractivity contribution in [3.8, 4) is 0 Å². The maximum absolute atomic E-state index is 5.18. The number of nitrogens with one attached hydrogen (secondary N) is 1. The van der Waals surface area contributed by atoms with E-state index in [1.807, 2.05) is 0 Å². The molecule has 0 aromatic rings. The van der Waals surface area contributed by atoms with Gasteiger partial charge in [0.2, 0.25) is 0 Å². The average molecular weight is 212 g/mol. The average Bonchev–Trinajstić information content (AvgIpc) is 2.90. The van der Waals surface area contributed by atoms with Gasteiger partial charge in [-0.3, -0.25) is 4.90 Å². The molecular formula is C12H24N2O. The monoisotopic (exact) mass is 212 g/mol. The lowest BCUT2D eigenvalue weighted by atomic mass is 10.2. The van der Waals surface area contributed by atoms with Crippen LogP contribution in [0.5, 0.6) is 0 Å². The first-order chi connectivity index (χ1) is 7.38. The second-order valence-electron chi connectivity index (χ2n) is 4.99. The Morgan fingerprint density at radius 3 is 2.73 bits per heavy atom. The van der Waals surface area contributed by atoms with E-state index < -0.39 is 0 Å². The third kappa shape index (κ3) is 4.09. The molecule has 1 heterocycles. The maximum atomic E-state index is 5.18. The Bertz CT molecular complexity index is 176. The van der Waals surface area contributed by atoms with Crippen LogP contribution in [0.1, 0.15) is 25.7 Å². The molecule has 1 aliphatic heterocycles. The van der Waals surface area contributed by atoms with E-state index in [1.165, 1.54) is 45.3 Å². The van der Waals surface area contributed by atoms with Crippen LogP contribution in [-0.4, -0.2) is 50.8 Å². The Morgan fingerprint density at radius 1 is 1.27 bits per heavy atom. The predicted octanol–water partition coefficient (Wildman–Crippen LogP) is 1.10. The van der Waals surface area contributed by atoms with Crippen molar-refractivity contribution in [1.29, 1.82) is 0 Å². The van der Waals surface area contributed by atoms with Gasteiger partial charge in [0, 0.05) is 32.8 Å². The lowest BCUT2D eigenvalue weighted by Crippen LogP contribution is -2.40. The minimum absolute atomic E-state index is 0.737. The number of rotatable bonds is 7. The number of hydrogen-bond acceptors (Lipinski definition) is 3. The summed E-state index contributed by atoms with van der Waals surface area (Å²) in [5.74, 6) is 0.989. The van der Waals surface area contributed by atoms with Crippen LogP contribution < -0.4 is 5.32 Å². The summed E-state index contributed by atoms with van der Waals surface area (Å²) in [4.78, 5) is 2.59. The Morgan fingerprint density at radius 2 is 2.13 bits per heavy atom. The van der Waals surface area contributed by atoms with E-state index in [0.717, 1.165) is 25.1 Å². The molecule has 2 aliphatic rings. The molecule has 0 amide bonds. The molecule has 2 fully saturated rings. The zero-order valence-corrected chi connectivity index (χ0v) is 9.87. The topological polar surface area (TPSA) is 24.5 Å². The minimum atomic E-state index is 0.737. The van der Waals surface area contributed by atoms with E-state index in [9.17, 15) is 0 Å². The van der Waals surface area contributed by atoms with Gasteiger partial charge >= 0.3 is 0 Å². The highest BCUT2D eigenvalue weighted by Gasteiger charge is 2.26. The fourth-order valence-electron chi connectivity index (χ4n) is 2.37. The van der Waals surface area contributed by atoms with E-state index in [2.05, 4.69) is 10.2 Å². The van der Waals surface area contributed by atoms with Crippen LogP contribution >= 0.6 is 0 Å². The Balaban J connectivity index is 1.69. The zero-order valence-electron chi connectivity index (χ0n) is 9.87. The molecule has 1 unspecified atom stereocenters. The first-order valence-corrected chi connectivity index (χ1v) is 6.33. The summed E-state index contributed by atoms with van der Waals surface area (Å²) in [5.41, 5.74) is 0. The van der Waals surface area contributed by atoms with Gasteiger partial charge in [-0.2, -0.15) is 0 Å². The molecule has 0 spiro atoms. The van der Waals surface area contributed by atoms with Gasteiger partial charge in [-0.1, -0.05) is 0 Å². The van der Waals surface area contributed by atoms with Gasteiger partial charge in [-0.25, -0.2) is 0 Å². The van der Waals surface area contributed by atoms with Crippen molar-refractivity contribution in [3.05, 3.63) is 0 Å². The minimum Gasteiger partial charge on any atom is -0.383 e. The third-order valence-corrected chi connectivity index (χ3v) is 3.47. The van der Waals surface area contributed by atoms with Crippen LogP contribution in [0.25, 0.3) is 0 Å². The van der Waals surface area contributed by atoms with Gasteiger partial charge < -0.3 is 10.1 Å². The highest BCUT2D eigenvalue weighted by molar-refractivity contribution is 4.82. The molecule has 2 rings (SSSR count). The Hall–Kier alpha value is -0.120. The SMILES string of the molecule is COCCN(CC1CC1)CC1CCCN1. The highest BCUT2D eigenvalue weighted by Crippen LogP contribution is 2.29. The highest BCUT2D eigenvalue weighted by atomic mass is 16.5. The van der Waals surface area contributed by atoms with Gasteiger partial charge in [0.25, 0.3) is 0 Å². The first kappa shape index (κ1) is 11.4. The third-order valence-electron chi connectivity index (χ3n) is 3.47. The van der Waals surface area contributed by atoms with Gasteiger partial charge in [0.1, 0.15) is 0 Å². The van der Waals surface area contributed by atoms with Crippen LogP contribution in [0, 0.1) is 5.92 Å². The molecule has 3 heteroatoms. The number of hydrogen-bond donors (Lipinski definition) is 1. The normalized spacial score (nSPS) is 26.4. The van der Waals surface area contributed by atoms with Gasteiger partial charge in [0.05, 0.1) is 6.61 Å². The quantitative estimate of drug-likeness (QED) is 0.684. The molecule has 3 nitrogen and oxygen atoms in total. The molecule has 1 saturated carbocycles. The van der Waals surface area contributed by atoms with Crippen molar-refractivity contribution in [2.45, 2.75) is 31.7 Å². The summed E-state index contributed by atoms with van der Waals surface area (Å²) in [6.07, 6.45) is 5.60. The van der Waals surface area contributed by atoms with Crippen molar-refractivity contribution < 1.29 is 4.74 Å². The van der Waals surface area contributed by atoms with E-state index in [-0.39, 0.29) is 0 Å². The standard InChI is InChI=1S/C12H24N2O/c1-15-8-7-14(9-11-4-5-11)10-12-3-2-6-13-12/h11-13H,2-10H2,1H3. The van der Waals surface area contributed by atoms with Crippen molar-refractivity contribution in [1.82, 2.24) is 10.2 Å². The summed E-state index contributed by atoms with van der Waals surface area (Å²) in [7, 11) is 1.79. The molecule has 0 radical (unpaired) electrons. The van der Waals surface area contributed by atoms with E-state index in [0.29, 0.717) is 0 Å². The molecule has 15 heavy (non-hydrogen) atoms. The van der Waals surface area contributed by atoms with E-state index >= 15 is 0 Å². The Kier molecular flexibility index (Phi) is 4.42. The summed E-state index contributed by atoms with van der Waals surface area (Å²) < 4.78 is 5.18. The van der Waals surface area contributed by atoms with Gasteiger partial charge in [0.15, 0.2) is 0 Å². The van der Waals surface area contributed by atoms with E-state index in [1.54, 1.807) is 7.11 Å². The largest absolute Gasteiger partial charge is 0.383 e. The zero-order chi connectivity index (χ0) is 10.5. The first-order valence-electron chi connectivity index (χ1n) is 6.33. The lowest BCUT2D eigenvalue weighted by molar-refractivity contribution is 0.139. The second-order valence-corrected chi connectivity index (χ2v) is 4.99. The molecule has 0 aromatic carbocycles. The molecule has 88 valence electrons. The van der Waals surface area contributed by atoms with Crippen LogP contribution in [0.4, 0.5) is 0 Å². The summed E-state index contributed by atoms with van der Waals surface area (Å²) >= 11 is 0. The summed E-state index contributed by atoms with van der Waals surface area (Å²) in [6, 6.07) is 0.737. The van der Waals surface area contributed by atoms with Crippen molar-refractivity contribution in [2.24, 2.45) is 5.92 Å². The van der Waals surface area contributed by atoms with E-state index in [4.69, 9.17) is 4.74 Å². The smallest absolute Gasteiger partial charge is 0.0589 e. The van der Waals surface area contributed by atoms with Gasteiger partial charge in [-0.15, -0.1) is 0 Å². The number of methoxy groups -OCH3 is 1. The summed E-state index contributed by atoms with van der Waals surface area (Å²) in [6.45, 7) is 5.71. The number of nitrogens with zero attached hydrogens (tertiary/aromatic N) is 1. The van der Waals surface area contributed by atoms with Crippen molar-refractivity contribution in [3.63, 3.8) is 0 Å². The summed E-state index contributed by atoms with van der Waals surface area (Å²) in [5, 5.41) is 3.57. The molecule has 1 aliphatic carbocycles. The van der Waals surface area contributed by atoms with Gasteiger partial charge in [-0.05, 0) is 38.1 Å². The molecule has 1 N–H and O–H groups in total. The molecule has 1 atom stereocenters. The second kappa shape index (κ2) is 5.83. The fourth-order valence-corrected chi connectivity index (χ4v) is 2.37. The van der Waals surface area contributed by atoms with Crippen LogP contribution in [0.15, 0.2) is 0 Å². The van der Waals surface area contributed by atoms with Crippen LogP contribution in [-0.2, 0) is 4.74 Å². The predicted molar refractivity (Wildman–Crippen MR) is 62.1 cm³/mol. The van der Waals surface area contributed by atoms with Crippen molar-refractivity contribution >= 4 is 0 Å². The maximum Gasteiger partial charge on any atom is 0.0589 e. The van der Waals surface area contributed by atoms with Crippen LogP contribution in [0.3, 0.4) is 0 Å². The van der Waals surface area contributed by atoms with Crippen LogP contribution in [0.2, 0.25) is 0 Å². The number of ether oxygens (including phenoxy) is 1. The Labute approximate surface area is 93.2 Å². The fraction of sp³-hybridized carbons (Fsp3) is 1.00. The molecular weight excluding hydrogens is 188 g/mol. The molecule has 0 aromatic heterocycles. The van der Waals surface area contributed by atoms with Crippen molar-refractivity contribution in [2.75, 3.05) is 39.9 Å².